The van der Waals surface area contributed by atoms with E-state index in [1.54, 1.807) is 24.3 Å². The van der Waals surface area contributed by atoms with Gasteiger partial charge in [-0.3, -0.25) is 9.59 Å². The Morgan fingerprint density at radius 3 is 2.15 bits per heavy atom. The highest BCUT2D eigenvalue weighted by atomic mass is 19.1. The molecule has 2 atom stereocenters. The summed E-state index contributed by atoms with van der Waals surface area (Å²) >= 11 is 0. The van der Waals surface area contributed by atoms with Gasteiger partial charge in [-0.2, -0.15) is 0 Å². The molecule has 2 heterocycles. The number of rotatable bonds is 5. The SMILES string of the molecule is O=C(N[C@H]1C(=O)NC[C@@H]1O)C1CC(c2cc(-c3ccc(F)cc3)[nH]c2-c2ccc(F)cc2)C1. The Morgan fingerprint density at radius 1 is 0.970 bits per heavy atom. The van der Waals surface area contributed by atoms with Crippen molar-refractivity contribution in [2.75, 3.05) is 6.54 Å². The highest BCUT2D eigenvalue weighted by Crippen LogP contribution is 2.46. The van der Waals surface area contributed by atoms with Crippen molar-refractivity contribution >= 4 is 11.8 Å². The van der Waals surface area contributed by atoms with Gasteiger partial charge in [0.2, 0.25) is 11.8 Å². The number of H-pyrrole nitrogens is 1. The molecular formula is C25H23F2N3O3. The molecule has 1 aliphatic heterocycles. The second-order valence-electron chi connectivity index (χ2n) is 8.69. The maximum atomic E-state index is 13.5. The Hall–Kier alpha value is -3.52. The first-order valence-corrected chi connectivity index (χ1v) is 10.9. The van der Waals surface area contributed by atoms with Gasteiger partial charge in [-0.25, -0.2) is 8.78 Å². The van der Waals surface area contributed by atoms with Crippen LogP contribution < -0.4 is 10.6 Å². The van der Waals surface area contributed by atoms with Gasteiger partial charge in [0.1, 0.15) is 23.8 Å². The maximum Gasteiger partial charge on any atom is 0.245 e. The lowest BCUT2D eigenvalue weighted by Gasteiger charge is -2.35. The summed E-state index contributed by atoms with van der Waals surface area (Å²) in [7, 11) is 0. The molecule has 33 heavy (non-hydrogen) atoms. The third-order valence-corrected chi connectivity index (χ3v) is 6.54. The normalized spacial score (nSPS) is 24.3. The molecule has 2 fully saturated rings. The van der Waals surface area contributed by atoms with E-state index < -0.39 is 12.1 Å². The predicted octanol–water partition coefficient (Wildman–Crippen LogP) is 3.10. The van der Waals surface area contributed by atoms with Gasteiger partial charge in [0, 0.05) is 23.9 Å². The van der Waals surface area contributed by atoms with Crippen molar-refractivity contribution in [1.29, 1.82) is 0 Å². The van der Waals surface area contributed by atoms with E-state index in [9.17, 15) is 23.5 Å². The molecule has 4 N–H and O–H groups in total. The van der Waals surface area contributed by atoms with Crippen molar-refractivity contribution in [3.05, 3.63) is 71.8 Å². The number of aromatic amines is 1. The Morgan fingerprint density at radius 2 is 1.58 bits per heavy atom. The highest BCUT2D eigenvalue weighted by molar-refractivity contribution is 5.91. The quantitative estimate of drug-likeness (QED) is 0.480. The molecule has 1 aliphatic carbocycles. The van der Waals surface area contributed by atoms with Gasteiger partial charge in [-0.1, -0.05) is 0 Å². The molecule has 2 amide bonds. The average Bonchev–Trinajstić information content (AvgIpc) is 3.33. The smallest absolute Gasteiger partial charge is 0.245 e. The number of carbonyl (C=O) groups excluding carboxylic acids is 2. The average molecular weight is 451 g/mol. The summed E-state index contributed by atoms with van der Waals surface area (Å²) in [5.74, 6) is -1.44. The molecular weight excluding hydrogens is 428 g/mol. The van der Waals surface area contributed by atoms with E-state index >= 15 is 0 Å². The van der Waals surface area contributed by atoms with E-state index in [0.29, 0.717) is 12.8 Å². The topological polar surface area (TPSA) is 94.2 Å². The second-order valence-corrected chi connectivity index (χ2v) is 8.69. The fourth-order valence-electron chi connectivity index (χ4n) is 4.56. The molecule has 5 rings (SSSR count). The molecule has 6 nitrogen and oxygen atoms in total. The summed E-state index contributed by atoms with van der Waals surface area (Å²) in [6.45, 7) is 0.133. The van der Waals surface area contributed by atoms with Gasteiger partial charge >= 0.3 is 0 Å². The number of benzene rings is 2. The van der Waals surface area contributed by atoms with Crippen molar-refractivity contribution in [2.45, 2.75) is 30.9 Å². The third-order valence-electron chi connectivity index (χ3n) is 6.54. The van der Waals surface area contributed by atoms with Gasteiger partial charge in [0.15, 0.2) is 0 Å². The molecule has 0 unspecified atom stereocenters. The van der Waals surface area contributed by atoms with Crippen molar-refractivity contribution in [1.82, 2.24) is 15.6 Å². The number of aliphatic hydroxyl groups excluding tert-OH is 1. The molecule has 1 saturated heterocycles. The number of aliphatic hydroxyl groups is 1. The summed E-state index contributed by atoms with van der Waals surface area (Å²) in [5, 5.41) is 15.1. The van der Waals surface area contributed by atoms with Crippen molar-refractivity contribution in [2.24, 2.45) is 5.92 Å². The summed E-state index contributed by atoms with van der Waals surface area (Å²) in [6, 6.07) is 13.4. The van der Waals surface area contributed by atoms with Gasteiger partial charge in [0.25, 0.3) is 0 Å². The van der Waals surface area contributed by atoms with Crippen LogP contribution in [0.1, 0.15) is 24.3 Å². The molecule has 1 aromatic heterocycles. The van der Waals surface area contributed by atoms with Crippen molar-refractivity contribution in [3.8, 4) is 22.5 Å². The Kier molecular flexibility index (Phi) is 5.46. The number of hydrogen-bond acceptors (Lipinski definition) is 3. The Labute approximate surface area is 189 Å². The van der Waals surface area contributed by atoms with Crippen LogP contribution in [0.25, 0.3) is 22.5 Å². The van der Waals surface area contributed by atoms with Gasteiger partial charge in [-0.15, -0.1) is 0 Å². The maximum absolute atomic E-state index is 13.5. The van der Waals surface area contributed by atoms with Gasteiger partial charge < -0.3 is 20.7 Å². The Balaban J connectivity index is 1.37. The van der Waals surface area contributed by atoms with Crippen LogP contribution in [0, 0.1) is 17.6 Å². The summed E-state index contributed by atoms with van der Waals surface area (Å²) in [6.07, 6.45) is 0.251. The zero-order valence-electron chi connectivity index (χ0n) is 17.6. The number of halogens is 2. The molecule has 3 aromatic rings. The van der Waals surface area contributed by atoms with E-state index in [2.05, 4.69) is 15.6 Å². The highest BCUT2D eigenvalue weighted by Gasteiger charge is 2.41. The first-order chi connectivity index (χ1) is 15.9. The minimum atomic E-state index is -0.926. The van der Waals surface area contributed by atoms with E-state index in [4.69, 9.17) is 0 Å². The molecule has 0 radical (unpaired) electrons. The van der Waals surface area contributed by atoms with E-state index in [1.165, 1.54) is 24.3 Å². The standard InChI is InChI=1S/C25H23F2N3O3/c26-17-5-1-13(2-6-17)20-11-19(22(29-20)14-3-7-18(27)8-4-14)15-9-16(10-15)24(32)30-23-21(31)12-28-25(23)33/h1-8,11,15-16,21,23,29,31H,9-10,12H2,(H,28,33)(H,30,32)/t15?,16?,21-,23+/m0/s1. The molecule has 8 heteroatoms. The number of β-amino-alcohol motifs (C(OH)–C–C–N with tert-alkyl or cyclic N) is 1. The zero-order chi connectivity index (χ0) is 23.1. The van der Waals surface area contributed by atoms with E-state index in [0.717, 1.165) is 28.1 Å². The first kappa shape index (κ1) is 21.3. The summed E-state index contributed by atoms with van der Waals surface area (Å²) in [4.78, 5) is 27.8. The van der Waals surface area contributed by atoms with Gasteiger partial charge in [-0.05, 0) is 90.0 Å². The fraction of sp³-hybridized carbons (Fsp3) is 0.280. The van der Waals surface area contributed by atoms with Crippen molar-refractivity contribution < 1.29 is 23.5 Å². The molecule has 0 bridgehead atoms. The monoisotopic (exact) mass is 451 g/mol. The summed E-state index contributed by atoms with van der Waals surface area (Å²) < 4.78 is 26.8. The molecule has 2 aliphatic rings. The van der Waals surface area contributed by atoms with Crippen LogP contribution in [0.3, 0.4) is 0 Å². The van der Waals surface area contributed by atoms with Crippen LogP contribution in [0.15, 0.2) is 54.6 Å². The van der Waals surface area contributed by atoms with E-state index in [1.807, 2.05) is 6.07 Å². The zero-order valence-corrected chi connectivity index (χ0v) is 17.6. The number of amides is 2. The Bertz CT molecular complexity index is 1180. The number of carbonyl (C=O) groups is 2. The third kappa shape index (κ3) is 4.14. The summed E-state index contributed by atoms with van der Waals surface area (Å²) in [5.41, 5.74) is 4.29. The van der Waals surface area contributed by atoms with Crippen LogP contribution in [0.5, 0.6) is 0 Å². The lowest BCUT2D eigenvalue weighted by atomic mass is 9.70. The molecule has 2 aromatic carbocycles. The van der Waals surface area contributed by atoms with Crippen LogP contribution in [0.4, 0.5) is 8.78 Å². The second kappa shape index (κ2) is 8.44. The number of aromatic nitrogens is 1. The lowest BCUT2D eigenvalue weighted by Crippen LogP contribution is -2.49. The molecule has 170 valence electrons. The van der Waals surface area contributed by atoms with Crippen LogP contribution >= 0.6 is 0 Å². The minimum Gasteiger partial charge on any atom is -0.389 e. The fourth-order valence-corrected chi connectivity index (χ4v) is 4.56. The predicted molar refractivity (Wildman–Crippen MR) is 118 cm³/mol. The van der Waals surface area contributed by atoms with Crippen molar-refractivity contribution in [3.63, 3.8) is 0 Å². The van der Waals surface area contributed by atoms with E-state index in [-0.39, 0.29) is 41.8 Å². The number of nitrogens with one attached hydrogen (secondary N) is 3. The minimum absolute atomic E-state index is 0.0913. The van der Waals surface area contributed by atoms with Crippen LogP contribution in [0.2, 0.25) is 0 Å². The first-order valence-electron chi connectivity index (χ1n) is 10.9. The van der Waals surface area contributed by atoms with Gasteiger partial charge in [0.05, 0.1) is 0 Å². The lowest BCUT2D eigenvalue weighted by molar-refractivity contribution is -0.133. The molecule has 0 spiro atoms. The van der Waals surface area contributed by atoms with Crippen LogP contribution in [-0.4, -0.2) is 40.6 Å². The van der Waals surface area contributed by atoms with Crippen LogP contribution in [-0.2, 0) is 9.59 Å². The molecule has 1 saturated carbocycles. The number of hydrogen-bond donors (Lipinski definition) is 4. The largest absolute Gasteiger partial charge is 0.389 e.